The van der Waals surface area contributed by atoms with Crippen molar-refractivity contribution in [2.75, 3.05) is 17.7 Å². The van der Waals surface area contributed by atoms with E-state index < -0.39 is 28.9 Å². The number of thioether (sulfide) groups is 1. The van der Waals surface area contributed by atoms with Gasteiger partial charge in [0.05, 0.1) is 17.9 Å². The predicted octanol–water partition coefficient (Wildman–Crippen LogP) is 8.74. The first-order chi connectivity index (χ1) is 24.4. The average Bonchev–Trinajstić information content (AvgIpc) is 3.48. The quantitative estimate of drug-likeness (QED) is 0.0809. The topological polar surface area (TPSA) is 114 Å². The van der Waals surface area contributed by atoms with Gasteiger partial charge >= 0.3 is 5.97 Å². The van der Waals surface area contributed by atoms with E-state index in [9.17, 15) is 23.6 Å². The fourth-order valence-electron chi connectivity index (χ4n) is 5.92. The number of thiophene rings is 1. The molecule has 3 amide bonds. The van der Waals surface area contributed by atoms with Crippen LogP contribution in [0.15, 0.2) is 89.5 Å². The Labute approximate surface area is 306 Å². The number of fused-ring (bicyclic) bond motifs is 1. The van der Waals surface area contributed by atoms with E-state index in [0.717, 1.165) is 34.6 Å². The lowest BCUT2D eigenvalue weighted by Gasteiger charge is -2.33. The summed E-state index contributed by atoms with van der Waals surface area (Å²) in [5.41, 5.74) is 2.86. The van der Waals surface area contributed by atoms with Crippen LogP contribution in [0, 0.1) is 17.2 Å². The molecule has 0 aliphatic heterocycles. The highest BCUT2D eigenvalue weighted by atomic mass is 32.2. The Kier molecular flexibility index (Phi) is 12.2. The number of carbonyl (C=O) groups excluding carboxylic acids is 4. The number of hydrogen-bond donors (Lipinski definition) is 3. The minimum Gasteiger partial charge on any atom is -0.465 e. The van der Waals surface area contributed by atoms with E-state index in [-0.39, 0.29) is 17.0 Å². The van der Waals surface area contributed by atoms with Crippen molar-refractivity contribution >= 4 is 63.6 Å². The number of hydrogen-bond acceptors (Lipinski definition) is 7. The molecular weight excluding hydrogens is 686 g/mol. The highest BCUT2D eigenvalue weighted by molar-refractivity contribution is 8.00. The number of ether oxygens (including phenoxy) is 1. The molecule has 2 unspecified atom stereocenters. The zero-order valence-corrected chi connectivity index (χ0v) is 30.9. The molecule has 0 radical (unpaired) electrons. The number of nitrogens with one attached hydrogen (secondary N) is 3. The van der Waals surface area contributed by atoms with Crippen molar-refractivity contribution in [2.45, 2.75) is 63.5 Å². The fraction of sp³-hybridized carbons (Fsp3) is 0.300. The van der Waals surface area contributed by atoms with Crippen molar-refractivity contribution in [1.29, 1.82) is 0 Å². The zero-order chi connectivity index (χ0) is 36.7. The minimum atomic E-state index is -0.582. The molecule has 266 valence electrons. The van der Waals surface area contributed by atoms with Crippen molar-refractivity contribution in [3.63, 3.8) is 0 Å². The molecule has 1 aromatic heterocycles. The monoisotopic (exact) mass is 727 g/mol. The molecule has 51 heavy (non-hydrogen) atoms. The summed E-state index contributed by atoms with van der Waals surface area (Å²) in [6.45, 7) is 8.62. The summed E-state index contributed by atoms with van der Waals surface area (Å²) < 4.78 is 18.7. The van der Waals surface area contributed by atoms with E-state index in [4.69, 9.17) is 4.74 Å². The lowest BCUT2D eigenvalue weighted by molar-refractivity contribution is -0.116. The highest BCUT2D eigenvalue weighted by Gasteiger charge is 2.35. The van der Waals surface area contributed by atoms with Crippen LogP contribution in [0.3, 0.4) is 0 Å². The summed E-state index contributed by atoms with van der Waals surface area (Å²) in [4.78, 5) is 55.0. The van der Waals surface area contributed by atoms with Crippen LogP contribution in [0.25, 0.3) is 6.08 Å². The maximum Gasteiger partial charge on any atom is 0.341 e. The van der Waals surface area contributed by atoms with Crippen LogP contribution in [0.1, 0.15) is 77.3 Å². The van der Waals surface area contributed by atoms with Crippen molar-refractivity contribution in [3.05, 3.63) is 118 Å². The Morgan fingerprint density at radius 1 is 1.00 bits per heavy atom. The van der Waals surface area contributed by atoms with Gasteiger partial charge in [-0.25, -0.2) is 9.18 Å². The molecule has 5 rings (SSSR count). The Morgan fingerprint density at radius 3 is 2.39 bits per heavy atom. The number of halogens is 1. The Morgan fingerprint density at radius 2 is 1.73 bits per heavy atom. The van der Waals surface area contributed by atoms with Crippen LogP contribution < -0.4 is 16.0 Å². The van der Waals surface area contributed by atoms with Gasteiger partial charge in [0, 0.05) is 21.0 Å². The average molecular weight is 728 g/mol. The van der Waals surface area contributed by atoms with Gasteiger partial charge in [-0.1, -0.05) is 64.1 Å². The molecule has 0 bridgehead atoms. The standard InChI is InChI=1S/C40H42FN3O5S2/c1-6-32(37(47)44-38-34(39(48)49-5)30-20-17-26(40(2,3)4)22-33(30)51-38)50-29-14-10-13-28(23-29)42-36(46)31(21-24-15-18-27(41)19-16-24)43-35(45)25-11-8-7-9-12-25/h7-16,18-19,21,23,26,32H,6,17,20,22H2,1-5H3,(H,42,46)(H,43,45)(H,44,47)/b31-21-. The van der Waals surface area contributed by atoms with Crippen LogP contribution >= 0.6 is 23.1 Å². The SMILES string of the molecule is CCC(Sc1cccc(NC(=O)/C(=C/c2ccc(F)cc2)NC(=O)c2ccccc2)c1)C(=O)Nc1sc2c(c1C(=O)OC)CCC(C(C)(C)C)C2. The van der Waals surface area contributed by atoms with Crippen molar-refractivity contribution in [3.8, 4) is 0 Å². The maximum absolute atomic E-state index is 13.7. The van der Waals surface area contributed by atoms with E-state index in [1.807, 2.05) is 13.0 Å². The number of methoxy groups -OCH3 is 1. The number of benzene rings is 3. The van der Waals surface area contributed by atoms with Gasteiger partial charge in [0.1, 0.15) is 16.5 Å². The smallest absolute Gasteiger partial charge is 0.341 e. The van der Waals surface area contributed by atoms with Gasteiger partial charge in [0.25, 0.3) is 11.8 Å². The molecule has 0 fully saturated rings. The molecule has 1 aliphatic rings. The van der Waals surface area contributed by atoms with E-state index >= 15 is 0 Å². The largest absolute Gasteiger partial charge is 0.465 e. The van der Waals surface area contributed by atoms with Gasteiger partial charge in [0.2, 0.25) is 5.91 Å². The fourth-order valence-corrected chi connectivity index (χ4v) is 8.26. The highest BCUT2D eigenvalue weighted by Crippen LogP contribution is 2.45. The molecule has 0 saturated carbocycles. The second-order valence-corrected chi connectivity index (χ2v) is 15.8. The molecule has 4 aromatic rings. The Balaban J connectivity index is 1.32. The lowest BCUT2D eigenvalue weighted by atomic mass is 9.72. The lowest BCUT2D eigenvalue weighted by Crippen LogP contribution is -2.30. The summed E-state index contributed by atoms with van der Waals surface area (Å²) in [6, 6.07) is 21.1. The normalized spacial score (nSPS) is 14.9. The minimum absolute atomic E-state index is 0.0341. The number of carbonyl (C=O) groups is 4. The first-order valence-corrected chi connectivity index (χ1v) is 18.5. The van der Waals surface area contributed by atoms with E-state index in [1.54, 1.807) is 48.5 Å². The summed E-state index contributed by atoms with van der Waals surface area (Å²) in [7, 11) is 1.36. The van der Waals surface area contributed by atoms with Gasteiger partial charge in [-0.2, -0.15) is 0 Å². The second-order valence-electron chi connectivity index (χ2n) is 13.4. The number of amides is 3. The molecule has 8 nitrogen and oxygen atoms in total. The van der Waals surface area contributed by atoms with Crippen LogP contribution in [-0.4, -0.2) is 36.1 Å². The Hall–Kier alpha value is -4.74. The summed E-state index contributed by atoms with van der Waals surface area (Å²) in [6.07, 6.45) is 4.56. The predicted molar refractivity (Wildman–Crippen MR) is 203 cm³/mol. The van der Waals surface area contributed by atoms with Crippen LogP contribution in [0.4, 0.5) is 15.1 Å². The Bertz CT molecular complexity index is 1930. The second kappa shape index (κ2) is 16.5. The molecule has 0 spiro atoms. The van der Waals surface area contributed by atoms with Gasteiger partial charge in [-0.05, 0) is 96.7 Å². The van der Waals surface area contributed by atoms with E-state index in [0.29, 0.717) is 39.7 Å². The van der Waals surface area contributed by atoms with Crippen LogP contribution in [0.2, 0.25) is 0 Å². The van der Waals surface area contributed by atoms with Gasteiger partial charge in [0.15, 0.2) is 0 Å². The maximum atomic E-state index is 13.7. The van der Waals surface area contributed by atoms with Crippen LogP contribution in [0.5, 0.6) is 0 Å². The molecule has 1 aliphatic carbocycles. The van der Waals surface area contributed by atoms with E-state index in [1.165, 1.54) is 60.5 Å². The van der Waals surface area contributed by atoms with Crippen molar-refractivity contribution in [2.24, 2.45) is 11.3 Å². The molecule has 3 aromatic carbocycles. The number of rotatable bonds is 11. The van der Waals surface area contributed by atoms with Crippen LogP contribution in [-0.2, 0) is 27.2 Å². The van der Waals surface area contributed by atoms with Gasteiger partial charge in [-0.3, -0.25) is 14.4 Å². The van der Waals surface area contributed by atoms with Crippen molar-refractivity contribution < 1.29 is 28.3 Å². The molecule has 2 atom stereocenters. The van der Waals surface area contributed by atoms with E-state index in [2.05, 4.69) is 36.7 Å². The number of anilines is 2. The third kappa shape index (κ3) is 9.53. The molecule has 1 heterocycles. The number of esters is 1. The van der Waals surface area contributed by atoms with Gasteiger partial charge < -0.3 is 20.7 Å². The summed E-state index contributed by atoms with van der Waals surface area (Å²) >= 11 is 2.80. The summed E-state index contributed by atoms with van der Waals surface area (Å²) in [5, 5.41) is 8.59. The van der Waals surface area contributed by atoms with Crippen molar-refractivity contribution in [1.82, 2.24) is 5.32 Å². The zero-order valence-electron chi connectivity index (χ0n) is 29.3. The first kappa shape index (κ1) is 37.5. The summed E-state index contributed by atoms with van der Waals surface area (Å²) in [5.74, 6) is -1.70. The third-order valence-corrected chi connectivity index (χ3v) is 11.4. The molecule has 3 N–H and O–H groups in total. The molecular formula is C40H42FN3O5S2. The molecule has 11 heteroatoms. The van der Waals surface area contributed by atoms with Gasteiger partial charge in [-0.15, -0.1) is 23.1 Å². The third-order valence-electron chi connectivity index (χ3n) is 8.86. The first-order valence-electron chi connectivity index (χ1n) is 16.8. The molecule has 0 saturated heterocycles.